The van der Waals surface area contributed by atoms with Gasteiger partial charge in [0.25, 0.3) is 5.91 Å². The summed E-state index contributed by atoms with van der Waals surface area (Å²) in [5.74, 6) is -0.131. The molecule has 2 N–H and O–H groups in total. The molecule has 0 atom stereocenters. The van der Waals surface area contributed by atoms with Crippen molar-refractivity contribution in [2.75, 3.05) is 0 Å². The number of rotatable bonds is 5. The number of nitrogens with zero attached hydrogens (tertiary/aromatic N) is 2. The number of imidazole rings is 1. The van der Waals surface area contributed by atoms with Crippen molar-refractivity contribution in [2.45, 2.75) is 34.2 Å². The van der Waals surface area contributed by atoms with Crippen molar-refractivity contribution in [1.29, 1.82) is 0 Å². The van der Waals surface area contributed by atoms with E-state index in [9.17, 15) is 14.0 Å². The van der Waals surface area contributed by atoms with Crippen LogP contribution in [0.1, 0.15) is 50.4 Å². The Hall–Kier alpha value is -3.22. The first kappa shape index (κ1) is 18.6. The molecule has 0 aliphatic carbocycles. The lowest BCUT2D eigenvalue weighted by atomic mass is 10.1. The molecule has 0 radical (unpaired) electrons. The van der Waals surface area contributed by atoms with Gasteiger partial charge in [-0.25, -0.2) is 9.37 Å². The highest BCUT2D eigenvalue weighted by molar-refractivity contribution is 6.02. The van der Waals surface area contributed by atoms with Crippen LogP contribution in [-0.4, -0.2) is 26.2 Å². The number of hydrogen-bond donors (Lipinski definition) is 2. The fourth-order valence-electron chi connectivity index (χ4n) is 3.26. The summed E-state index contributed by atoms with van der Waals surface area (Å²) in [5.41, 5.74) is 3.21. The standard InChI is InChI=1S/C20H21FN4O2/c1-11-18(13(3)26)12(2)24-19(11)20(27)23-10-15-5-6-17(16(21)9-15)25-8-7-22-14(25)4/h5-9,24H,10H2,1-4H3,(H,23,27). The third-order valence-corrected chi connectivity index (χ3v) is 4.57. The maximum Gasteiger partial charge on any atom is 0.268 e. The number of H-pyrrole nitrogens is 1. The molecular weight excluding hydrogens is 347 g/mol. The maximum absolute atomic E-state index is 14.4. The number of aromatic amines is 1. The zero-order valence-electron chi connectivity index (χ0n) is 15.7. The number of carbonyl (C=O) groups excluding carboxylic acids is 2. The molecule has 3 rings (SSSR count). The molecule has 1 amide bonds. The number of amides is 1. The average Bonchev–Trinajstić information content (AvgIpc) is 3.15. The summed E-state index contributed by atoms with van der Waals surface area (Å²) in [6.07, 6.45) is 3.30. The normalized spacial score (nSPS) is 10.9. The van der Waals surface area contributed by atoms with Gasteiger partial charge in [-0.15, -0.1) is 0 Å². The summed E-state index contributed by atoms with van der Waals surface area (Å²) < 4.78 is 16.1. The number of benzene rings is 1. The van der Waals surface area contributed by atoms with Crippen LogP contribution in [0.2, 0.25) is 0 Å². The summed E-state index contributed by atoms with van der Waals surface area (Å²) in [4.78, 5) is 31.2. The number of carbonyl (C=O) groups is 2. The Morgan fingerprint density at radius 3 is 2.56 bits per heavy atom. The van der Waals surface area contributed by atoms with Crippen molar-refractivity contribution in [3.05, 3.63) is 70.3 Å². The summed E-state index contributed by atoms with van der Waals surface area (Å²) in [6.45, 7) is 6.93. The molecule has 0 bridgehead atoms. The van der Waals surface area contributed by atoms with Gasteiger partial charge in [0.2, 0.25) is 0 Å². The van der Waals surface area contributed by atoms with Gasteiger partial charge in [0.05, 0.1) is 5.69 Å². The van der Waals surface area contributed by atoms with E-state index in [2.05, 4.69) is 15.3 Å². The molecule has 6 nitrogen and oxygen atoms in total. The quantitative estimate of drug-likeness (QED) is 0.678. The molecule has 0 unspecified atom stereocenters. The second-order valence-corrected chi connectivity index (χ2v) is 6.49. The number of aryl methyl sites for hydroxylation is 2. The maximum atomic E-state index is 14.4. The summed E-state index contributed by atoms with van der Waals surface area (Å²) in [7, 11) is 0. The molecular formula is C20H21FN4O2. The predicted molar refractivity (Wildman–Crippen MR) is 99.7 cm³/mol. The molecule has 2 aromatic heterocycles. The van der Waals surface area contributed by atoms with Crippen LogP contribution in [0.3, 0.4) is 0 Å². The van der Waals surface area contributed by atoms with Crippen molar-refractivity contribution >= 4 is 11.7 Å². The molecule has 0 fully saturated rings. The number of halogens is 1. The number of nitrogens with one attached hydrogen (secondary N) is 2. The molecule has 7 heteroatoms. The highest BCUT2D eigenvalue weighted by Gasteiger charge is 2.19. The zero-order chi connectivity index (χ0) is 19.7. The van der Waals surface area contributed by atoms with Gasteiger partial charge >= 0.3 is 0 Å². The predicted octanol–water partition coefficient (Wildman–Crippen LogP) is 3.40. The minimum atomic E-state index is -0.395. The van der Waals surface area contributed by atoms with Crippen LogP contribution in [0.15, 0.2) is 30.6 Å². The number of ketones is 1. The molecule has 2 heterocycles. The summed E-state index contributed by atoms with van der Waals surface area (Å²) in [6, 6.07) is 4.80. The Bertz CT molecular complexity index is 1030. The van der Waals surface area contributed by atoms with E-state index < -0.39 is 5.82 Å². The van der Waals surface area contributed by atoms with E-state index in [0.717, 1.165) is 0 Å². The van der Waals surface area contributed by atoms with Crippen LogP contribution in [0.5, 0.6) is 0 Å². The highest BCUT2D eigenvalue weighted by atomic mass is 19.1. The largest absolute Gasteiger partial charge is 0.354 e. The molecule has 0 spiro atoms. The fraction of sp³-hybridized carbons (Fsp3) is 0.250. The monoisotopic (exact) mass is 368 g/mol. The highest BCUT2D eigenvalue weighted by Crippen LogP contribution is 2.19. The first-order valence-corrected chi connectivity index (χ1v) is 8.56. The van der Waals surface area contributed by atoms with Gasteiger partial charge in [-0.05, 0) is 51.0 Å². The van der Waals surface area contributed by atoms with Crippen LogP contribution in [0.4, 0.5) is 4.39 Å². The van der Waals surface area contributed by atoms with Crippen LogP contribution >= 0.6 is 0 Å². The molecule has 27 heavy (non-hydrogen) atoms. The van der Waals surface area contributed by atoms with Gasteiger partial charge in [-0.3, -0.25) is 9.59 Å². The zero-order valence-corrected chi connectivity index (χ0v) is 15.7. The second kappa shape index (κ2) is 7.19. The van der Waals surface area contributed by atoms with Gasteiger partial charge in [-0.2, -0.15) is 0 Å². The summed E-state index contributed by atoms with van der Waals surface area (Å²) >= 11 is 0. The lowest BCUT2D eigenvalue weighted by Gasteiger charge is -2.10. The second-order valence-electron chi connectivity index (χ2n) is 6.49. The van der Waals surface area contributed by atoms with E-state index >= 15 is 0 Å². The van der Waals surface area contributed by atoms with Crippen LogP contribution < -0.4 is 5.32 Å². The molecule has 0 aliphatic rings. The molecule has 0 aliphatic heterocycles. The minimum Gasteiger partial charge on any atom is -0.354 e. The van der Waals surface area contributed by atoms with E-state index in [4.69, 9.17) is 0 Å². The number of Topliss-reactive ketones (excluding diaryl/α,β-unsaturated/α-hetero) is 1. The molecule has 0 saturated carbocycles. The lowest BCUT2D eigenvalue weighted by molar-refractivity contribution is 0.0945. The third kappa shape index (κ3) is 3.53. The summed E-state index contributed by atoms with van der Waals surface area (Å²) in [5, 5.41) is 2.76. The van der Waals surface area contributed by atoms with Crippen LogP contribution in [0.25, 0.3) is 5.69 Å². The van der Waals surface area contributed by atoms with Crippen molar-refractivity contribution in [2.24, 2.45) is 0 Å². The smallest absolute Gasteiger partial charge is 0.268 e. The van der Waals surface area contributed by atoms with Gasteiger partial charge in [-0.1, -0.05) is 6.07 Å². The third-order valence-electron chi connectivity index (χ3n) is 4.57. The average molecular weight is 368 g/mol. The Labute approximate surface area is 156 Å². The van der Waals surface area contributed by atoms with Gasteiger partial charge in [0.1, 0.15) is 17.3 Å². The van der Waals surface area contributed by atoms with Crippen molar-refractivity contribution < 1.29 is 14.0 Å². The Morgan fingerprint density at radius 1 is 1.26 bits per heavy atom. The van der Waals surface area contributed by atoms with E-state index in [0.29, 0.717) is 39.6 Å². The topological polar surface area (TPSA) is 79.8 Å². The van der Waals surface area contributed by atoms with Crippen LogP contribution in [0, 0.1) is 26.6 Å². The Balaban J connectivity index is 1.75. The van der Waals surface area contributed by atoms with Crippen molar-refractivity contribution in [3.8, 4) is 5.69 Å². The molecule has 140 valence electrons. The fourth-order valence-corrected chi connectivity index (χ4v) is 3.26. The molecule has 3 aromatic rings. The number of hydrogen-bond acceptors (Lipinski definition) is 3. The van der Waals surface area contributed by atoms with E-state index in [1.54, 1.807) is 49.9 Å². The van der Waals surface area contributed by atoms with Crippen molar-refractivity contribution in [3.63, 3.8) is 0 Å². The van der Waals surface area contributed by atoms with Gasteiger partial charge < -0.3 is 14.9 Å². The van der Waals surface area contributed by atoms with E-state index in [-0.39, 0.29) is 18.2 Å². The number of aromatic nitrogens is 3. The Morgan fingerprint density at radius 2 is 2.00 bits per heavy atom. The van der Waals surface area contributed by atoms with Crippen molar-refractivity contribution in [1.82, 2.24) is 19.9 Å². The van der Waals surface area contributed by atoms with E-state index in [1.165, 1.54) is 13.0 Å². The molecule has 0 saturated heterocycles. The van der Waals surface area contributed by atoms with E-state index in [1.807, 2.05) is 0 Å². The minimum absolute atomic E-state index is 0.0900. The first-order chi connectivity index (χ1) is 12.8. The van der Waals surface area contributed by atoms with Crippen LogP contribution in [-0.2, 0) is 6.54 Å². The lowest BCUT2D eigenvalue weighted by Crippen LogP contribution is -2.24. The SMILES string of the molecule is CC(=O)c1c(C)[nH]c(C(=O)NCc2ccc(-n3ccnc3C)c(F)c2)c1C. The van der Waals surface area contributed by atoms with Gasteiger partial charge in [0, 0.05) is 30.2 Å². The molecule has 1 aromatic carbocycles. The Kier molecular flexibility index (Phi) is 4.94. The van der Waals surface area contributed by atoms with Gasteiger partial charge in [0.15, 0.2) is 5.78 Å². The first-order valence-electron chi connectivity index (χ1n) is 8.56.